The molecule has 1 aliphatic rings. The number of rotatable bonds is 3. The summed E-state index contributed by atoms with van der Waals surface area (Å²) in [7, 11) is 1.72. The Morgan fingerprint density at radius 1 is 0.944 bits per heavy atom. The van der Waals surface area contributed by atoms with Crippen LogP contribution in [0.1, 0.15) is 20.3 Å². The zero-order valence-corrected chi connectivity index (χ0v) is 11.8. The van der Waals surface area contributed by atoms with Crippen LogP contribution in [0.3, 0.4) is 0 Å². The molecule has 108 valence electrons. The maximum atomic E-state index is 5.78. The Labute approximate surface area is 110 Å². The van der Waals surface area contributed by atoms with E-state index in [-0.39, 0.29) is 11.7 Å². The highest BCUT2D eigenvalue weighted by atomic mass is 16.6. The smallest absolute Gasteiger partial charge is 0.0836 e. The number of methoxy groups -OCH3 is 1. The molecule has 5 nitrogen and oxygen atoms in total. The molecule has 0 bridgehead atoms. The Kier molecular flexibility index (Phi) is 7.77. The van der Waals surface area contributed by atoms with Crippen LogP contribution in [0.5, 0.6) is 0 Å². The molecular formula is C13H26O5. The zero-order valence-electron chi connectivity index (χ0n) is 11.8. The molecule has 1 fully saturated rings. The summed E-state index contributed by atoms with van der Waals surface area (Å²) in [5.41, 5.74) is -0.206. The first kappa shape index (κ1) is 15.9. The van der Waals surface area contributed by atoms with E-state index in [1.165, 1.54) is 0 Å². The van der Waals surface area contributed by atoms with Crippen LogP contribution in [0, 0.1) is 0 Å². The van der Waals surface area contributed by atoms with E-state index < -0.39 is 0 Å². The van der Waals surface area contributed by atoms with E-state index in [0.29, 0.717) is 46.2 Å². The van der Waals surface area contributed by atoms with E-state index in [2.05, 4.69) is 0 Å². The molecule has 1 rings (SSSR count). The van der Waals surface area contributed by atoms with E-state index in [1.807, 2.05) is 13.8 Å². The highest BCUT2D eigenvalue weighted by Gasteiger charge is 2.23. The van der Waals surface area contributed by atoms with Crippen LogP contribution >= 0.6 is 0 Å². The SMILES string of the molecule is COC(C)(C)CC1COCCOCCOCCO1. The molecule has 0 N–H and O–H groups in total. The number of ether oxygens (including phenoxy) is 5. The molecule has 0 aromatic heterocycles. The lowest BCUT2D eigenvalue weighted by Gasteiger charge is -2.28. The predicted molar refractivity (Wildman–Crippen MR) is 67.9 cm³/mol. The van der Waals surface area contributed by atoms with Crippen molar-refractivity contribution < 1.29 is 23.7 Å². The van der Waals surface area contributed by atoms with E-state index in [4.69, 9.17) is 23.7 Å². The molecule has 0 radical (unpaired) electrons. The normalized spacial score (nSPS) is 25.2. The van der Waals surface area contributed by atoms with Crippen LogP contribution in [0.15, 0.2) is 0 Å². The predicted octanol–water partition coefficient (Wildman–Crippen LogP) is 1.25. The molecule has 0 aromatic carbocycles. The van der Waals surface area contributed by atoms with Crippen molar-refractivity contribution in [2.75, 3.05) is 53.4 Å². The first-order valence-corrected chi connectivity index (χ1v) is 6.54. The van der Waals surface area contributed by atoms with Gasteiger partial charge < -0.3 is 23.7 Å². The Hall–Kier alpha value is -0.200. The van der Waals surface area contributed by atoms with Gasteiger partial charge in [0.15, 0.2) is 0 Å². The van der Waals surface area contributed by atoms with E-state index in [9.17, 15) is 0 Å². The van der Waals surface area contributed by atoms with Crippen LogP contribution in [0.4, 0.5) is 0 Å². The third-order valence-corrected chi connectivity index (χ3v) is 2.90. The minimum Gasteiger partial charge on any atom is -0.379 e. The Morgan fingerprint density at radius 3 is 2.11 bits per heavy atom. The lowest BCUT2D eigenvalue weighted by atomic mass is 10.0. The quantitative estimate of drug-likeness (QED) is 0.766. The van der Waals surface area contributed by atoms with E-state index >= 15 is 0 Å². The van der Waals surface area contributed by atoms with E-state index in [1.54, 1.807) is 7.11 Å². The van der Waals surface area contributed by atoms with Crippen molar-refractivity contribution in [3.8, 4) is 0 Å². The first-order chi connectivity index (χ1) is 8.64. The summed E-state index contributed by atoms with van der Waals surface area (Å²) in [6.45, 7) is 8.24. The Morgan fingerprint density at radius 2 is 1.50 bits per heavy atom. The van der Waals surface area contributed by atoms with Crippen molar-refractivity contribution in [3.63, 3.8) is 0 Å². The van der Waals surface area contributed by atoms with Crippen LogP contribution in [-0.4, -0.2) is 65.1 Å². The van der Waals surface area contributed by atoms with Gasteiger partial charge in [-0.05, 0) is 13.8 Å². The Bertz CT molecular complexity index is 196. The lowest BCUT2D eigenvalue weighted by molar-refractivity contribution is -0.0958. The van der Waals surface area contributed by atoms with Gasteiger partial charge in [0.05, 0.1) is 58.0 Å². The second-order valence-electron chi connectivity index (χ2n) is 4.96. The molecule has 0 spiro atoms. The minimum absolute atomic E-state index is 0.0305. The average molecular weight is 262 g/mol. The fraction of sp³-hybridized carbons (Fsp3) is 1.00. The van der Waals surface area contributed by atoms with Gasteiger partial charge in [-0.15, -0.1) is 0 Å². The minimum atomic E-state index is -0.206. The number of hydrogen-bond acceptors (Lipinski definition) is 5. The highest BCUT2D eigenvalue weighted by molar-refractivity contribution is 4.74. The van der Waals surface area contributed by atoms with Crippen molar-refractivity contribution in [1.29, 1.82) is 0 Å². The molecular weight excluding hydrogens is 236 g/mol. The molecule has 1 heterocycles. The summed E-state index contributed by atoms with van der Waals surface area (Å²) in [4.78, 5) is 0. The molecule has 1 atom stereocenters. The first-order valence-electron chi connectivity index (χ1n) is 6.54. The van der Waals surface area contributed by atoms with Crippen LogP contribution in [0.2, 0.25) is 0 Å². The molecule has 0 aromatic rings. The van der Waals surface area contributed by atoms with Gasteiger partial charge in [0.25, 0.3) is 0 Å². The summed E-state index contributed by atoms with van der Waals surface area (Å²) in [5.74, 6) is 0. The van der Waals surface area contributed by atoms with Gasteiger partial charge in [-0.25, -0.2) is 0 Å². The largest absolute Gasteiger partial charge is 0.379 e. The summed E-state index contributed by atoms with van der Waals surface area (Å²) in [6.07, 6.45) is 0.827. The van der Waals surface area contributed by atoms with Gasteiger partial charge in [-0.2, -0.15) is 0 Å². The van der Waals surface area contributed by atoms with Gasteiger partial charge in [-0.3, -0.25) is 0 Å². The third-order valence-electron chi connectivity index (χ3n) is 2.90. The fourth-order valence-corrected chi connectivity index (χ4v) is 1.73. The van der Waals surface area contributed by atoms with Gasteiger partial charge in [0.2, 0.25) is 0 Å². The van der Waals surface area contributed by atoms with Crippen molar-refractivity contribution in [3.05, 3.63) is 0 Å². The van der Waals surface area contributed by atoms with E-state index in [0.717, 1.165) is 6.42 Å². The summed E-state index contributed by atoms with van der Waals surface area (Å²) < 4.78 is 27.5. The second kappa shape index (κ2) is 8.82. The zero-order chi connectivity index (χ0) is 13.3. The number of hydrogen-bond donors (Lipinski definition) is 0. The molecule has 0 aliphatic carbocycles. The van der Waals surface area contributed by atoms with Crippen LogP contribution in [-0.2, 0) is 23.7 Å². The Balaban J connectivity index is 2.36. The molecule has 1 saturated heterocycles. The maximum Gasteiger partial charge on any atom is 0.0836 e. The van der Waals surface area contributed by atoms with Gasteiger partial charge in [0, 0.05) is 13.5 Å². The van der Waals surface area contributed by atoms with Crippen LogP contribution < -0.4 is 0 Å². The molecule has 5 heteroatoms. The molecule has 0 amide bonds. The molecule has 1 unspecified atom stereocenters. The molecule has 18 heavy (non-hydrogen) atoms. The van der Waals surface area contributed by atoms with Crippen LogP contribution in [0.25, 0.3) is 0 Å². The summed E-state index contributed by atoms with van der Waals surface area (Å²) in [6, 6.07) is 0. The van der Waals surface area contributed by atoms with Crippen molar-refractivity contribution >= 4 is 0 Å². The van der Waals surface area contributed by atoms with Crippen molar-refractivity contribution in [1.82, 2.24) is 0 Å². The maximum absolute atomic E-state index is 5.78. The summed E-state index contributed by atoms with van der Waals surface area (Å²) in [5, 5.41) is 0. The van der Waals surface area contributed by atoms with Crippen molar-refractivity contribution in [2.24, 2.45) is 0 Å². The van der Waals surface area contributed by atoms with Gasteiger partial charge >= 0.3 is 0 Å². The average Bonchev–Trinajstić information content (AvgIpc) is 2.32. The molecule has 0 saturated carbocycles. The van der Waals surface area contributed by atoms with Crippen molar-refractivity contribution in [2.45, 2.75) is 32.0 Å². The highest BCUT2D eigenvalue weighted by Crippen LogP contribution is 2.18. The summed E-state index contributed by atoms with van der Waals surface area (Å²) >= 11 is 0. The third kappa shape index (κ3) is 7.28. The molecule has 1 aliphatic heterocycles. The second-order valence-corrected chi connectivity index (χ2v) is 4.96. The standard InChI is InChI=1S/C13H26O5/c1-13(2,14-3)10-12-11-17-7-6-15-4-5-16-8-9-18-12/h12H,4-11H2,1-3H3. The lowest BCUT2D eigenvalue weighted by Crippen LogP contribution is -2.34. The van der Waals surface area contributed by atoms with Gasteiger partial charge in [-0.1, -0.05) is 0 Å². The fourth-order valence-electron chi connectivity index (χ4n) is 1.73. The van der Waals surface area contributed by atoms with Gasteiger partial charge in [0.1, 0.15) is 0 Å². The monoisotopic (exact) mass is 262 g/mol. The topological polar surface area (TPSA) is 46.2 Å².